The molecule has 0 aliphatic carbocycles. The van der Waals surface area contributed by atoms with E-state index in [-0.39, 0.29) is 5.91 Å². The van der Waals surface area contributed by atoms with Gasteiger partial charge >= 0.3 is 0 Å². The Balaban J connectivity index is 1.48. The molecule has 0 radical (unpaired) electrons. The highest BCUT2D eigenvalue weighted by Crippen LogP contribution is 2.26. The summed E-state index contributed by atoms with van der Waals surface area (Å²) in [6, 6.07) is 14.7. The summed E-state index contributed by atoms with van der Waals surface area (Å²) in [6.07, 6.45) is 3.50. The van der Waals surface area contributed by atoms with Crippen LogP contribution in [0.5, 0.6) is 5.75 Å². The van der Waals surface area contributed by atoms with Crippen molar-refractivity contribution in [1.29, 1.82) is 0 Å². The number of nitrogens with one attached hydrogen (secondary N) is 1. The molecule has 0 spiro atoms. The molecule has 4 heteroatoms. The topological polar surface area (TPSA) is 41.6 Å². The lowest BCUT2D eigenvalue weighted by Crippen LogP contribution is -2.39. The van der Waals surface area contributed by atoms with Gasteiger partial charge in [-0.3, -0.25) is 4.79 Å². The van der Waals surface area contributed by atoms with E-state index in [4.69, 9.17) is 4.74 Å². The van der Waals surface area contributed by atoms with Crippen LogP contribution >= 0.6 is 0 Å². The van der Waals surface area contributed by atoms with Crippen LogP contribution in [0.15, 0.2) is 42.5 Å². The molecule has 3 rings (SSSR count). The fourth-order valence-corrected chi connectivity index (χ4v) is 3.75. The Morgan fingerprint density at radius 1 is 1.21 bits per heavy atom. The molecule has 0 bridgehead atoms. The van der Waals surface area contributed by atoms with Crippen molar-refractivity contribution >= 4 is 11.6 Å². The van der Waals surface area contributed by atoms with Crippen molar-refractivity contribution in [2.75, 3.05) is 24.5 Å². The Kier molecular flexibility index (Phi) is 6.96. The average molecular weight is 381 g/mol. The number of aryl methyl sites for hydroxylation is 3. The van der Waals surface area contributed by atoms with Crippen molar-refractivity contribution in [3.63, 3.8) is 0 Å². The third kappa shape index (κ3) is 5.06. The highest BCUT2D eigenvalue weighted by atomic mass is 16.5. The van der Waals surface area contributed by atoms with Crippen molar-refractivity contribution in [3.8, 4) is 5.75 Å². The second-order valence-electron chi connectivity index (χ2n) is 7.65. The molecule has 0 unspecified atom stereocenters. The Bertz CT molecular complexity index is 803. The maximum Gasteiger partial charge on any atom is 0.261 e. The van der Waals surface area contributed by atoms with E-state index in [0.29, 0.717) is 13.0 Å². The van der Waals surface area contributed by atoms with Gasteiger partial charge in [-0.2, -0.15) is 0 Å². The molecule has 1 aliphatic heterocycles. The first kappa shape index (κ1) is 20.2. The monoisotopic (exact) mass is 380 g/mol. The van der Waals surface area contributed by atoms with Crippen molar-refractivity contribution in [2.45, 2.75) is 52.6 Å². The predicted octanol–water partition coefficient (Wildman–Crippen LogP) is 4.42. The Labute approximate surface area is 168 Å². The summed E-state index contributed by atoms with van der Waals surface area (Å²) < 4.78 is 6.01. The third-order valence-corrected chi connectivity index (χ3v) is 5.39. The largest absolute Gasteiger partial charge is 0.480 e. The number of carbonyl (C=O) groups excluding carboxylic acids is 1. The smallest absolute Gasteiger partial charge is 0.261 e. The van der Waals surface area contributed by atoms with Crippen molar-refractivity contribution in [3.05, 3.63) is 59.2 Å². The quantitative estimate of drug-likeness (QED) is 0.689. The van der Waals surface area contributed by atoms with Gasteiger partial charge in [-0.15, -0.1) is 0 Å². The van der Waals surface area contributed by atoms with Gasteiger partial charge < -0.3 is 15.0 Å². The van der Waals surface area contributed by atoms with E-state index in [2.05, 4.69) is 40.5 Å². The zero-order chi connectivity index (χ0) is 19.9. The van der Waals surface area contributed by atoms with Crippen LogP contribution in [0.25, 0.3) is 0 Å². The summed E-state index contributed by atoms with van der Waals surface area (Å²) in [4.78, 5) is 15.0. The summed E-state index contributed by atoms with van der Waals surface area (Å²) >= 11 is 0. The molecule has 1 N–H and O–H groups in total. The summed E-state index contributed by atoms with van der Waals surface area (Å²) in [5, 5.41) is 3.06. The Hall–Kier alpha value is -2.49. The second-order valence-corrected chi connectivity index (χ2v) is 7.65. The number of fused-ring (bicyclic) bond motifs is 1. The van der Waals surface area contributed by atoms with Crippen molar-refractivity contribution in [1.82, 2.24) is 5.32 Å². The van der Waals surface area contributed by atoms with E-state index >= 15 is 0 Å². The summed E-state index contributed by atoms with van der Waals surface area (Å²) in [5.41, 5.74) is 4.98. The molecular formula is C24H32N2O2. The molecule has 1 amide bonds. The predicted molar refractivity (Wildman–Crippen MR) is 115 cm³/mol. The number of benzene rings is 2. The maximum atomic E-state index is 12.6. The van der Waals surface area contributed by atoms with Gasteiger partial charge in [0.05, 0.1) is 0 Å². The number of hydrogen-bond donors (Lipinski definition) is 1. The van der Waals surface area contributed by atoms with Crippen LogP contribution in [0.1, 0.15) is 42.9 Å². The van der Waals surface area contributed by atoms with Gasteiger partial charge in [0, 0.05) is 25.3 Å². The van der Waals surface area contributed by atoms with E-state index in [1.807, 2.05) is 32.9 Å². The van der Waals surface area contributed by atoms with E-state index < -0.39 is 6.10 Å². The van der Waals surface area contributed by atoms with E-state index in [1.165, 1.54) is 17.7 Å². The van der Waals surface area contributed by atoms with Gasteiger partial charge in [0.1, 0.15) is 5.75 Å². The van der Waals surface area contributed by atoms with Gasteiger partial charge in [0.2, 0.25) is 0 Å². The minimum atomic E-state index is -0.448. The van der Waals surface area contributed by atoms with Gasteiger partial charge in [-0.25, -0.2) is 0 Å². The highest BCUT2D eigenvalue weighted by Gasteiger charge is 2.19. The number of para-hydroxylation sites is 1. The third-order valence-electron chi connectivity index (χ3n) is 5.39. The molecule has 0 saturated heterocycles. The molecule has 2 aromatic carbocycles. The van der Waals surface area contributed by atoms with Crippen LogP contribution in [0.3, 0.4) is 0 Å². The average Bonchev–Trinajstić information content (AvgIpc) is 2.71. The number of anilines is 1. The molecule has 4 nitrogen and oxygen atoms in total. The van der Waals surface area contributed by atoms with E-state index in [0.717, 1.165) is 42.8 Å². The van der Waals surface area contributed by atoms with Gasteiger partial charge in [-0.1, -0.05) is 37.3 Å². The van der Waals surface area contributed by atoms with Gasteiger partial charge in [0.15, 0.2) is 6.10 Å². The molecule has 1 aliphatic rings. The van der Waals surface area contributed by atoms with Gasteiger partial charge in [0.25, 0.3) is 5.91 Å². The number of rotatable bonds is 8. The molecule has 0 fully saturated rings. The number of hydrogen-bond acceptors (Lipinski definition) is 3. The Morgan fingerprint density at radius 3 is 2.86 bits per heavy atom. The lowest BCUT2D eigenvalue weighted by atomic mass is 10.0. The fraction of sp³-hybridized carbons (Fsp3) is 0.458. The Morgan fingerprint density at radius 2 is 2.04 bits per heavy atom. The number of nitrogens with zero attached hydrogens (tertiary/aromatic N) is 1. The van der Waals surface area contributed by atoms with Gasteiger partial charge in [-0.05, 0) is 68.4 Å². The van der Waals surface area contributed by atoms with Crippen LogP contribution in [0, 0.1) is 13.8 Å². The van der Waals surface area contributed by atoms with E-state index in [1.54, 1.807) is 0 Å². The highest BCUT2D eigenvalue weighted by molar-refractivity contribution is 5.81. The molecule has 2 aromatic rings. The number of amides is 1. The molecule has 1 atom stereocenters. The molecule has 28 heavy (non-hydrogen) atoms. The molecule has 0 saturated carbocycles. The van der Waals surface area contributed by atoms with E-state index in [9.17, 15) is 4.79 Å². The first-order valence-electron chi connectivity index (χ1n) is 10.4. The van der Waals surface area contributed by atoms with Crippen LogP contribution in [0.2, 0.25) is 0 Å². The first-order chi connectivity index (χ1) is 13.6. The lowest BCUT2D eigenvalue weighted by molar-refractivity contribution is -0.128. The number of carbonyl (C=O) groups is 1. The van der Waals surface area contributed by atoms with Crippen molar-refractivity contribution in [2.24, 2.45) is 0 Å². The zero-order valence-electron chi connectivity index (χ0n) is 17.3. The minimum Gasteiger partial charge on any atom is -0.480 e. The van der Waals surface area contributed by atoms with Crippen molar-refractivity contribution < 1.29 is 9.53 Å². The first-order valence-corrected chi connectivity index (χ1v) is 10.4. The normalized spacial score (nSPS) is 14.3. The number of ether oxygens (including phenoxy) is 1. The van der Waals surface area contributed by atoms with Crippen LogP contribution < -0.4 is 15.0 Å². The fourth-order valence-electron chi connectivity index (χ4n) is 3.75. The minimum absolute atomic E-state index is 0.0255. The maximum absolute atomic E-state index is 12.6. The molecule has 0 aromatic heterocycles. The summed E-state index contributed by atoms with van der Waals surface area (Å²) in [7, 11) is 0. The summed E-state index contributed by atoms with van der Waals surface area (Å²) in [5.74, 6) is 0.773. The lowest BCUT2D eigenvalue weighted by Gasteiger charge is -2.31. The summed E-state index contributed by atoms with van der Waals surface area (Å²) in [6.45, 7) is 8.76. The van der Waals surface area contributed by atoms with Crippen LogP contribution in [0.4, 0.5) is 5.69 Å². The standard InChI is InChI=1S/C24H32N2O2/c1-4-22(28-23-17-18(2)12-13-19(23)3)24(27)25-14-8-16-26-15-7-10-20-9-5-6-11-21(20)26/h5-6,9,11-13,17,22H,4,7-8,10,14-16H2,1-3H3,(H,25,27)/t22-/m0/s1. The molecular weight excluding hydrogens is 348 g/mol. The molecule has 150 valence electrons. The van der Waals surface area contributed by atoms with Crippen LogP contribution in [-0.4, -0.2) is 31.6 Å². The second kappa shape index (κ2) is 9.63. The SMILES string of the molecule is CC[C@H](Oc1cc(C)ccc1C)C(=O)NCCCN1CCCc2ccccc21. The van der Waals surface area contributed by atoms with Crippen LogP contribution in [-0.2, 0) is 11.2 Å². The molecule has 1 heterocycles. The zero-order valence-corrected chi connectivity index (χ0v) is 17.3.